The first-order valence-electron chi connectivity index (χ1n) is 7.72. The quantitative estimate of drug-likeness (QED) is 0.793. The van der Waals surface area contributed by atoms with Crippen molar-refractivity contribution in [2.75, 3.05) is 6.61 Å². The molecule has 1 heterocycles. The third kappa shape index (κ3) is 3.57. The second kappa shape index (κ2) is 7.27. The highest BCUT2D eigenvalue weighted by atomic mass is 19.1. The minimum Gasteiger partial charge on any atom is -0.464 e. The number of rotatable bonds is 4. The van der Waals surface area contributed by atoms with E-state index in [0.29, 0.717) is 16.9 Å². The second-order valence-electron chi connectivity index (χ2n) is 5.70. The molecule has 1 fully saturated rings. The molecule has 24 heavy (non-hydrogen) atoms. The Morgan fingerprint density at radius 3 is 2.67 bits per heavy atom. The summed E-state index contributed by atoms with van der Waals surface area (Å²) in [5.74, 6) is 0.114. The fraction of sp³-hybridized carbons (Fsp3) is 0.333. The first kappa shape index (κ1) is 16.9. The zero-order valence-electron chi connectivity index (χ0n) is 12.9. The molecule has 0 saturated carbocycles. The molecule has 0 aromatic heterocycles. The number of benzene rings is 2. The first-order chi connectivity index (χ1) is 11.6. The van der Waals surface area contributed by atoms with Crippen LogP contribution in [0.1, 0.15) is 6.42 Å². The number of aliphatic hydroxyl groups is 3. The Balaban J connectivity index is 1.83. The van der Waals surface area contributed by atoms with E-state index in [1.54, 1.807) is 30.3 Å². The second-order valence-corrected chi connectivity index (χ2v) is 5.70. The van der Waals surface area contributed by atoms with Crippen LogP contribution in [0.2, 0.25) is 0 Å². The molecule has 1 aliphatic rings. The summed E-state index contributed by atoms with van der Waals surface area (Å²) in [6.07, 6.45) is -3.89. The van der Waals surface area contributed by atoms with Crippen LogP contribution in [-0.2, 0) is 4.74 Å². The number of ether oxygens (including phenoxy) is 2. The average molecular weight is 334 g/mol. The van der Waals surface area contributed by atoms with Crippen LogP contribution in [0.3, 0.4) is 0 Å². The molecule has 2 aromatic rings. The van der Waals surface area contributed by atoms with Gasteiger partial charge in [0.2, 0.25) is 6.29 Å². The van der Waals surface area contributed by atoms with Gasteiger partial charge >= 0.3 is 0 Å². The first-order valence-corrected chi connectivity index (χ1v) is 7.72. The van der Waals surface area contributed by atoms with Crippen molar-refractivity contribution in [1.82, 2.24) is 0 Å². The van der Waals surface area contributed by atoms with Gasteiger partial charge in [0.15, 0.2) is 0 Å². The molecule has 4 unspecified atom stereocenters. The van der Waals surface area contributed by atoms with Crippen molar-refractivity contribution in [3.8, 4) is 16.9 Å². The van der Waals surface area contributed by atoms with Crippen LogP contribution in [0.25, 0.3) is 11.1 Å². The maximum Gasteiger partial charge on any atom is 0.202 e. The van der Waals surface area contributed by atoms with E-state index < -0.39 is 31.2 Å². The molecule has 3 rings (SSSR count). The van der Waals surface area contributed by atoms with Crippen LogP contribution >= 0.6 is 0 Å². The summed E-state index contributed by atoms with van der Waals surface area (Å²) in [5, 5.41) is 28.9. The summed E-state index contributed by atoms with van der Waals surface area (Å²) in [5.41, 5.74) is 1.34. The van der Waals surface area contributed by atoms with Gasteiger partial charge in [0.1, 0.15) is 23.8 Å². The van der Waals surface area contributed by atoms with E-state index in [9.17, 15) is 19.7 Å². The molecule has 4 atom stereocenters. The van der Waals surface area contributed by atoms with E-state index in [-0.39, 0.29) is 12.2 Å². The van der Waals surface area contributed by atoms with Crippen molar-refractivity contribution in [2.45, 2.75) is 31.0 Å². The van der Waals surface area contributed by atoms with Crippen LogP contribution < -0.4 is 4.74 Å². The van der Waals surface area contributed by atoms with E-state index >= 15 is 0 Å². The Morgan fingerprint density at radius 1 is 1.12 bits per heavy atom. The van der Waals surface area contributed by atoms with Gasteiger partial charge in [-0.2, -0.15) is 0 Å². The Labute approximate surface area is 138 Å². The van der Waals surface area contributed by atoms with Crippen LogP contribution in [0, 0.1) is 5.82 Å². The highest BCUT2D eigenvalue weighted by molar-refractivity contribution is 5.70. The molecule has 0 radical (unpaired) electrons. The summed E-state index contributed by atoms with van der Waals surface area (Å²) in [6.45, 7) is -0.427. The van der Waals surface area contributed by atoms with Crippen molar-refractivity contribution in [3.05, 3.63) is 54.3 Å². The van der Waals surface area contributed by atoms with Gasteiger partial charge in [0.05, 0.1) is 12.7 Å². The van der Waals surface area contributed by atoms with Gasteiger partial charge in [-0.1, -0.05) is 30.3 Å². The maximum atomic E-state index is 13.5. The van der Waals surface area contributed by atoms with Crippen LogP contribution in [0.5, 0.6) is 5.75 Å². The number of hydrogen-bond donors (Lipinski definition) is 3. The van der Waals surface area contributed by atoms with Gasteiger partial charge in [0.25, 0.3) is 0 Å². The van der Waals surface area contributed by atoms with Crippen molar-refractivity contribution in [1.29, 1.82) is 0 Å². The SMILES string of the molecule is OCC1OC(Oc2ccccc2-c2cccc(F)c2)CC(O)C1O. The lowest BCUT2D eigenvalue weighted by molar-refractivity contribution is -0.229. The lowest BCUT2D eigenvalue weighted by atomic mass is 10.0. The fourth-order valence-electron chi connectivity index (χ4n) is 2.75. The number of para-hydroxylation sites is 1. The highest BCUT2D eigenvalue weighted by Gasteiger charge is 2.37. The van der Waals surface area contributed by atoms with Crippen molar-refractivity contribution >= 4 is 0 Å². The Kier molecular flexibility index (Phi) is 5.11. The Bertz CT molecular complexity index is 693. The predicted molar refractivity (Wildman–Crippen MR) is 84.8 cm³/mol. The Hall–Kier alpha value is -1.99. The summed E-state index contributed by atoms with van der Waals surface area (Å²) in [4.78, 5) is 0. The average Bonchev–Trinajstić information content (AvgIpc) is 2.58. The lowest BCUT2D eigenvalue weighted by Gasteiger charge is -2.36. The molecule has 1 aliphatic heterocycles. The summed E-state index contributed by atoms with van der Waals surface area (Å²) in [6, 6.07) is 13.2. The monoisotopic (exact) mass is 334 g/mol. The number of aliphatic hydroxyl groups excluding tert-OH is 3. The smallest absolute Gasteiger partial charge is 0.202 e. The molecule has 0 amide bonds. The molecule has 2 aromatic carbocycles. The van der Waals surface area contributed by atoms with E-state index in [1.165, 1.54) is 12.1 Å². The lowest BCUT2D eigenvalue weighted by Crippen LogP contribution is -2.51. The summed E-state index contributed by atoms with van der Waals surface area (Å²) >= 11 is 0. The van der Waals surface area contributed by atoms with E-state index in [1.807, 2.05) is 6.07 Å². The van der Waals surface area contributed by atoms with Gasteiger partial charge in [-0.05, 0) is 23.8 Å². The molecular formula is C18H19FO5. The fourth-order valence-corrected chi connectivity index (χ4v) is 2.75. The molecule has 0 bridgehead atoms. The van der Waals surface area contributed by atoms with Crippen molar-refractivity contribution < 1.29 is 29.2 Å². The van der Waals surface area contributed by atoms with Crippen LogP contribution in [-0.4, -0.2) is 46.5 Å². The molecule has 1 saturated heterocycles. The van der Waals surface area contributed by atoms with Gasteiger partial charge in [0, 0.05) is 12.0 Å². The molecular weight excluding hydrogens is 315 g/mol. The van der Waals surface area contributed by atoms with Gasteiger partial charge < -0.3 is 24.8 Å². The summed E-state index contributed by atoms with van der Waals surface area (Å²) in [7, 11) is 0. The third-order valence-electron chi connectivity index (χ3n) is 4.00. The van der Waals surface area contributed by atoms with Gasteiger partial charge in [-0.3, -0.25) is 0 Å². The maximum absolute atomic E-state index is 13.5. The summed E-state index contributed by atoms with van der Waals surface area (Å²) < 4.78 is 24.8. The largest absolute Gasteiger partial charge is 0.464 e. The normalized spacial score (nSPS) is 27.0. The van der Waals surface area contributed by atoms with E-state index in [0.717, 1.165) is 0 Å². The molecule has 6 heteroatoms. The molecule has 0 spiro atoms. The van der Waals surface area contributed by atoms with E-state index in [2.05, 4.69) is 0 Å². The zero-order chi connectivity index (χ0) is 17.1. The Morgan fingerprint density at radius 2 is 1.92 bits per heavy atom. The molecule has 5 nitrogen and oxygen atoms in total. The van der Waals surface area contributed by atoms with Crippen LogP contribution in [0.15, 0.2) is 48.5 Å². The third-order valence-corrected chi connectivity index (χ3v) is 4.00. The highest BCUT2D eigenvalue weighted by Crippen LogP contribution is 2.32. The number of hydrogen-bond acceptors (Lipinski definition) is 5. The minimum atomic E-state index is -1.16. The molecule has 128 valence electrons. The van der Waals surface area contributed by atoms with E-state index in [4.69, 9.17) is 9.47 Å². The predicted octanol–water partition coefficient (Wildman–Crippen LogP) is 1.70. The van der Waals surface area contributed by atoms with Gasteiger partial charge in [-0.15, -0.1) is 0 Å². The zero-order valence-corrected chi connectivity index (χ0v) is 12.9. The van der Waals surface area contributed by atoms with Crippen LogP contribution in [0.4, 0.5) is 4.39 Å². The number of halogens is 1. The topological polar surface area (TPSA) is 79.2 Å². The van der Waals surface area contributed by atoms with Crippen molar-refractivity contribution in [3.63, 3.8) is 0 Å². The molecule has 0 aliphatic carbocycles. The molecule has 3 N–H and O–H groups in total. The van der Waals surface area contributed by atoms with Crippen molar-refractivity contribution in [2.24, 2.45) is 0 Å². The van der Waals surface area contributed by atoms with Gasteiger partial charge in [-0.25, -0.2) is 4.39 Å². The standard InChI is InChI=1S/C18H19FO5/c19-12-5-3-4-11(8-12)13-6-1-2-7-15(13)23-17-9-14(21)18(22)16(10-20)24-17/h1-8,14,16-18,20-22H,9-10H2. The minimum absolute atomic E-state index is 0.0646.